The van der Waals surface area contributed by atoms with Gasteiger partial charge in [0.25, 0.3) is 0 Å². The quantitative estimate of drug-likeness (QED) is 0.712. The van der Waals surface area contributed by atoms with E-state index in [1.807, 2.05) is 0 Å². The highest BCUT2D eigenvalue weighted by molar-refractivity contribution is 5.31. The van der Waals surface area contributed by atoms with Crippen molar-refractivity contribution < 1.29 is 0 Å². The van der Waals surface area contributed by atoms with Crippen LogP contribution < -0.4 is 5.32 Å². The first kappa shape index (κ1) is 8.49. The Morgan fingerprint density at radius 2 is 1.93 bits per heavy atom. The van der Waals surface area contributed by atoms with E-state index in [0.717, 1.165) is 5.92 Å². The maximum absolute atomic E-state index is 3.70. The third-order valence-electron chi connectivity index (χ3n) is 3.89. The van der Waals surface area contributed by atoms with E-state index in [1.165, 1.54) is 36.9 Å². The summed E-state index contributed by atoms with van der Waals surface area (Å²) in [4.78, 5) is 0. The fourth-order valence-corrected chi connectivity index (χ4v) is 3.00. The Kier molecular flexibility index (Phi) is 1.72. The van der Waals surface area contributed by atoms with Gasteiger partial charge < -0.3 is 5.32 Å². The van der Waals surface area contributed by atoms with Crippen molar-refractivity contribution in [3.05, 3.63) is 35.4 Å². The molecule has 1 aliphatic carbocycles. The van der Waals surface area contributed by atoms with Gasteiger partial charge in [0.2, 0.25) is 0 Å². The van der Waals surface area contributed by atoms with Crippen LogP contribution >= 0.6 is 0 Å². The third-order valence-corrected chi connectivity index (χ3v) is 3.89. The zero-order chi connectivity index (χ0) is 9.60. The standard InChI is InChI=1S/C13H17N/c1-10-2-4-12(5-3-10)13-8-11(9-13)6-7-14-13/h2-5,11,14H,6-9H2,1H3. The van der Waals surface area contributed by atoms with Crippen molar-refractivity contribution in [1.29, 1.82) is 0 Å². The molecule has 1 saturated carbocycles. The van der Waals surface area contributed by atoms with Crippen molar-refractivity contribution >= 4 is 0 Å². The van der Waals surface area contributed by atoms with Gasteiger partial charge in [0.15, 0.2) is 0 Å². The van der Waals surface area contributed by atoms with E-state index < -0.39 is 0 Å². The van der Waals surface area contributed by atoms with Crippen LogP contribution in [0.25, 0.3) is 0 Å². The normalized spacial score (nSPS) is 35.1. The Morgan fingerprint density at radius 1 is 1.21 bits per heavy atom. The van der Waals surface area contributed by atoms with Crippen molar-refractivity contribution in [2.75, 3.05) is 6.54 Å². The second-order valence-corrected chi connectivity index (χ2v) is 4.94. The van der Waals surface area contributed by atoms with E-state index >= 15 is 0 Å². The summed E-state index contributed by atoms with van der Waals surface area (Å²) in [6.45, 7) is 3.36. The Balaban J connectivity index is 1.91. The van der Waals surface area contributed by atoms with Crippen molar-refractivity contribution in [3.63, 3.8) is 0 Å². The molecular formula is C13H17N. The Bertz CT molecular complexity index is 327. The first-order chi connectivity index (χ1) is 6.78. The highest BCUT2D eigenvalue weighted by Gasteiger charge is 2.47. The molecule has 0 spiro atoms. The highest BCUT2D eigenvalue weighted by Crippen LogP contribution is 2.49. The number of benzene rings is 1. The summed E-state index contributed by atoms with van der Waals surface area (Å²) in [6, 6.07) is 9.05. The summed E-state index contributed by atoms with van der Waals surface area (Å²) in [7, 11) is 0. The molecule has 2 aliphatic heterocycles. The molecule has 1 heteroatoms. The fraction of sp³-hybridized carbons (Fsp3) is 0.538. The summed E-state index contributed by atoms with van der Waals surface area (Å²) in [6.07, 6.45) is 4.10. The molecule has 3 aliphatic rings. The van der Waals surface area contributed by atoms with E-state index in [-0.39, 0.29) is 0 Å². The molecule has 0 aromatic heterocycles. The number of nitrogens with one attached hydrogen (secondary N) is 1. The molecule has 1 nitrogen and oxygen atoms in total. The number of hydrogen-bond acceptors (Lipinski definition) is 1. The number of aryl methyl sites for hydroxylation is 1. The lowest BCUT2D eigenvalue weighted by Gasteiger charge is -2.53. The van der Waals surface area contributed by atoms with Crippen molar-refractivity contribution in [2.45, 2.75) is 31.7 Å². The predicted octanol–water partition coefficient (Wildman–Crippen LogP) is 2.59. The van der Waals surface area contributed by atoms with Gasteiger partial charge in [-0.2, -0.15) is 0 Å². The van der Waals surface area contributed by atoms with Crippen LogP contribution in [0.5, 0.6) is 0 Å². The zero-order valence-electron chi connectivity index (χ0n) is 8.72. The van der Waals surface area contributed by atoms with Crippen molar-refractivity contribution in [2.24, 2.45) is 5.92 Å². The number of fused-ring (bicyclic) bond motifs is 2. The van der Waals surface area contributed by atoms with Gasteiger partial charge in [0.05, 0.1) is 0 Å². The summed E-state index contributed by atoms with van der Waals surface area (Å²) >= 11 is 0. The monoisotopic (exact) mass is 187 g/mol. The van der Waals surface area contributed by atoms with Gasteiger partial charge in [0, 0.05) is 5.54 Å². The summed E-state index contributed by atoms with van der Waals surface area (Å²) in [5, 5.41) is 3.70. The molecule has 14 heavy (non-hydrogen) atoms. The van der Waals surface area contributed by atoms with Crippen LogP contribution in [0.1, 0.15) is 30.4 Å². The molecule has 2 heterocycles. The largest absolute Gasteiger partial charge is 0.307 e. The van der Waals surface area contributed by atoms with Crippen LogP contribution in [-0.2, 0) is 5.54 Å². The van der Waals surface area contributed by atoms with E-state index in [0.29, 0.717) is 5.54 Å². The molecule has 2 saturated heterocycles. The van der Waals surface area contributed by atoms with Gasteiger partial charge in [-0.3, -0.25) is 0 Å². The van der Waals surface area contributed by atoms with E-state index in [2.05, 4.69) is 36.5 Å². The average Bonchev–Trinajstić information content (AvgIpc) is 2.18. The van der Waals surface area contributed by atoms with E-state index in [9.17, 15) is 0 Å². The van der Waals surface area contributed by atoms with Crippen LogP contribution in [0.3, 0.4) is 0 Å². The highest BCUT2D eigenvalue weighted by atomic mass is 15.0. The molecule has 0 radical (unpaired) electrons. The summed E-state index contributed by atoms with van der Waals surface area (Å²) < 4.78 is 0. The van der Waals surface area contributed by atoms with E-state index in [4.69, 9.17) is 0 Å². The zero-order valence-corrected chi connectivity index (χ0v) is 8.72. The molecule has 1 N–H and O–H groups in total. The molecule has 3 fully saturated rings. The van der Waals surface area contributed by atoms with Crippen LogP contribution in [0.15, 0.2) is 24.3 Å². The van der Waals surface area contributed by atoms with Crippen LogP contribution in [-0.4, -0.2) is 6.54 Å². The minimum Gasteiger partial charge on any atom is -0.307 e. The SMILES string of the molecule is Cc1ccc(C23CC(CCN2)C3)cc1. The first-order valence-corrected chi connectivity index (χ1v) is 5.61. The lowest BCUT2D eigenvalue weighted by Crippen LogP contribution is -2.57. The van der Waals surface area contributed by atoms with Gasteiger partial charge >= 0.3 is 0 Å². The smallest absolute Gasteiger partial charge is 0.0439 e. The Hall–Kier alpha value is -0.820. The topological polar surface area (TPSA) is 12.0 Å². The second kappa shape index (κ2) is 2.83. The molecule has 2 bridgehead atoms. The van der Waals surface area contributed by atoms with Crippen molar-refractivity contribution in [1.82, 2.24) is 5.32 Å². The molecule has 1 aromatic carbocycles. The maximum Gasteiger partial charge on any atom is 0.0439 e. The molecule has 4 rings (SSSR count). The molecule has 1 aromatic rings. The van der Waals surface area contributed by atoms with Gasteiger partial charge in [-0.25, -0.2) is 0 Å². The predicted molar refractivity (Wildman–Crippen MR) is 58.2 cm³/mol. The second-order valence-electron chi connectivity index (χ2n) is 4.94. The van der Waals surface area contributed by atoms with Crippen LogP contribution in [0, 0.1) is 12.8 Å². The van der Waals surface area contributed by atoms with Gasteiger partial charge in [0.1, 0.15) is 0 Å². The third kappa shape index (κ3) is 1.12. The van der Waals surface area contributed by atoms with Gasteiger partial charge in [-0.1, -0.05) is 29.8 Å². The molecule has 0 unspecified atom stereocenters. The van der Waals surface area contributed by atoms with Gasteiger partial charge in [-0.15, -0.1) is 0 Å². The molecule has 0 amide bonds. The van der Waals surface area contributed by atoms with Crippen LogP contribution in [0.4, 0.5) is 0 Å². The van der Waals surface area contributed by atoms with E-state index in [1.54, 1.807) is 0 Å². The molecule has 0 atom stereocenters. The molecular weight excluding hydrogens is 170 g/mol. The Morgan fingerprint density at radius 3 is 2.50 bits per heavy atom. The first-order valence-electron chi connectivity index (χ1n) is 5.61. The lowest BCUT2D eigenvalue weighted by molar-refractivity contribution is 0.0502. The minimum absolute atomic E-state index is 0.358. The number of piperidine rings is 2. The fourth-order valence-electron chi connectivity index (χ4n) is 3.00. The summed E-state index contributed by atoms with van der Waals surface area (Å²) in [5.41, 5.74) is 3.22. The minimum atomic E-state index is 0.358. The molecule has 74 valence electrons. The summed E-state index contributed by atoms with van der Waals surface area (Å²) in [5.74, 6) is 0.998. The van der Waals surface area contributed by atoms with Crippen molar-refractivity contribution in [3.8, 4) is 0 Å². The Labute approximate surface area is 85.5 Å². The number of rotatable bonds is 1. The van der Waals surface area contributed by atoms with Gasteiger partial charge in [-0.05, 0) is 44.2 Å². The van der Waals surface area contributed by atoms with Crippen LogP contribution in [0.2, 0.25) is 0 Å². The average molecular weight is 187 g/mol. The number of hydrogen-bond donors (Lipinski definition) is 1. The lowest BCUT2D eigenvalue weighted by atomic mass is 9.61. The maximum atomic E-state index is 3.70.